The second-order valence-corrected chi connectivity index (χ2v) is 4.91. The third kappa shape index (κ3) is 4.13. The second kappa shape index (κ2) is 5.93. The van der Waals surface area contributed by atoms with Crippen LogP contribution in [0.5, 0.6) is 5.75 Å². The molecule has 0 radical (unpaired) electrons. The second-order valence-electron chi connectivity index (χ2n) is 4.47. The van der Waals surface area contributed by atoms with Gasteiger partial charge in [0.1, 0.15) is 5.75 Å². The van der Waals surface area contributed by atoms with Crippen LogP contribution in [-0.4, -0.2) is 17.9 Å². The topological polar surface area (TPSA) is 67.4 Å². The van der Waals surface area contributed by atoms with Crippen LogP contribution in [-0.2, 0) is 9.59 Å². The third-order valence-electron chi connectivity index (χ3n) is 2.74. The Morgan fingerprint density at radius 3 is 2.74 bits per heavy atom. The quantitative estimate of drug-likeness (QED) is 0.826. The summed E-state index contributed by atoms with van der Waals surface area (Å²) in [7, 11) is 0. The maximum atomic E-state index is 11.7. The average Bonchev–Trinajstić information content (AvgIpc) is 3.19. The first-order valence-electron chi connectivity index (χ1n) is 6.08. The van der Waals surface area contributed by atoms with Crippen molar-refractivity contribution >= 4 is 23.4 Å². The van der Waals surface area contributed by atoms with E-state index in [2.05, 4.69) is 10.9 Å². The highest BCUT2D eigenvalue weighted by Gasteiger charge is 2.30. The van der Waals surface area contributed by atoms with Gasteiger partial charge in [0.05, 0.1) is 0 Å². The van der Waals surface area contributed by atoms with Crippen LogP contribution in [0.15, 0.2) is 24.3 Å². The van der Waals surface area contributed by atoms with Gasteiger partial charge in [0.15, 0.2) is 6.10 Å². The van der Waals surface area contributed by atoms with Crippen LogP contribution < -0.4 is 15.6 Å². The molecule has 5 nitrogen and oxygen atoms in total. The van der Waals surface area contributed by atoms with Gasteiger partial charge >= 0.3 is 0 Å². The Labute approximate surface area is 116 Å². The molecule has 1 saturated carbocycles. The number of hydrogen-bond donors (Lipinski definition) is 2. The average molecular weight is 283 g/mol. The summed E-state index contributed by atoms with van der Waals surface area (Å²) in [5.41, 5.74) is 4.72. The molecule has 2 N–H and O–H groups in total. The number of ether oxygens (including phenoxy) is 1. The van der Waals surface area contributed by atoms with Crippen LogP contribution in [0.4, 0.5) is 0 Å². The summed E-state index contributed by atoms with van der Waals surface area (Å²) in [6.07, 6.45) is 1.05. The molecule has 0 spiro atoms. The summed E-state index contributed by atoms with van der Waals surface area (Å²) < 4.78 is 5.42. The third-order valence-corrected chi connectivity index (χ3v) is 2.97. The molecule has 2 amide bonds. The number of carbonyl (C=O) groups excluding carboxylic acids is 2. The summed E-state index contributed by atoms with van der Waals surface area (Å²) in [6, 6.07) is 6.78. The number of nitrogens with one attached hydrogen (secondary N) is 2. The zero-order valence-corrected chi connectivity index (χ0v) is 11.2. The van der Waals surface area contributed by atoms with Gasteiger partial charge in [0, 0.05) is 10.9 Å². The number of benzene rings is 1. The lowest BCUT2D eigenvalue weighted by Gasteiger charge is -2.15. The van der Waals surface area contributed by atoms with Crippen molar-refractivity contribution in [2.75, 3.05) is 0 Å². The maximum absolute atomic E-state index is 11.7. The van der Waals surface area contributed by atoms with Crippen LogP contribution in [0.3, 0.4) is 0 Å². The summed E-state index contributed by atoms with van der Waals surface area (Å²) in [4.78, 5) is 23.0. The summed E-state index contributed by atoms with van der Waals surface area (Å²) in [5.74, 6) is -0.00888. The first kappa shape index (κ1) is 13.7. The molecule has 0 aromatic heterocycles. The molecule has 1 atom stereocenters. The maximum Gasteiger partial charge on any atom is 0.279 e. The van der Waals surface area contributed by atoms with Gasteiger partial charge in [-0.1, -0.05) is 17.7 Å². The number of hydrazine groups is 1. The molecule has 0 aliphatic heterocycles. The lowest BCUT2D eigenvalue weighted by molar-refractivity contribution is -0.133. The van der Waals surface area contributed by atoms with Crippen LogP contribution in [0, 0.1) is 5.92 Å². The lowest BCUT2D eigenvalue weighted by Crippen LogP contribution is -2.47. The highest BCUT2D eigenvalue weighted by molar-refractivity contribution is 6.30. The minimum absolute atomic E-state index is 0.0458. The number of halogens is 1. The van der Waals surface area contributed by atoms with E-state index in [4.69, 9.17) is 16.3 Å². The molecule has 1 fully saturated rings. The summed E-state index contributed by atoms with van der Waals surface area (Å²) >= 11 is 5.81. The molecule has 1 unspecified atom stereocenters. The van der Waals surface area contributed by atoms with E-state index in [0.717, 1.165) is 12.8 Å². The van der Waals surface area contributed by atoms with Crippen molar-refractivity contribution in [1.29, 1.82) is 0 Å². The van der Waals surface area contributed by atoms with E-state index in [1.54, 1.807) is 31.2 Å². The van der Waals surface area contributed by atoms with E-state index in [9.17, 15) is 9.59 Å². The molecule has 6 heteroatoms. The van der Waals surface area contributed by atoms with Crippen molar-refractivity contribution in [2.24, 2.45) is 5.92 Å². The minimum Gasteiger partial charge on any atom is -0.481 e. The van der Waals surface area contributed by atoms with Crippen LogP contribution in [0.2, 0.25) is 5.02 Å². The van der Waals surface area contributed by atoms with Crippen LogP contribution in [0.1, 0.15) is 19.8 Å². The monoisotopic (exact) mass is 282 g/mol. The highest BCUT2D eigenvalue weighted by Crippen LogP contribution is 2.28. The molecular formula is C13H15ClN2O3. The number of rotatable bonds is 4. The Morgan fingerprint density at radius 2 is 2.11 bits per heavy atom. The first-order valence-corrected chi connectivity index (χ1v) is 6.46. The van der Waals surface area contributed by atoms with Crippen molar-refractivity contribution in [3.8, 4) is 5.75 Å². The number of amides is 2. The smallest absolute Gasteiger partial charge is 0.279 e. The predicted molar refractivity (Wildman–Crippen MR) is 70.6 cm³/mol. The Kier molecular flexibility index (Phi) is 4.27. The lowest BCUT2D eigenvalue weighted by atomic mass is 10.3. The van der Waals surface area contributed by atoms with Crippen LogP contribution in [0.25, 0.3) is 0 Å². The molecule has 102 valence electrons. The fourth-order valence-corrected chi connectivity index (χ4v) is 1.65. The molecule has 1 aromatic rings. The van der Waals surface area contributed by atoms with Crippen molar-refractivity contribution in [2.45, 2.75) is 25.9 Å². The number of hydrogen-bond acceptors (Lipinski definition) is 3. The first-order chi connectivity index (χ1) is 9.06. The molecule has 0 heterocycles. The SMILES string of the molecule is CC(Oc1cccc(Cl)c1)C(=O)NNC(=O)C1CC1. The molecule has 1 aliphatic carbocycles. The fraction of sp³-hybridized carbons (Fsp3) is 0.385. The number of carbonyl (C=O) groups is 2. The molecule has 0 bridgehead atoms. The summed E-state index contributed by atoms with van der Waals surface area (Å²) in [5, 5.41) is 0.534. The Morgan fingerprint density at radius 1 is 1.37 bits per heavy atom. The van der Waals surface area contributed by atoms with Gasteiger partial charge in [0.25, 0.3) is 5.91 Å². The molecule has 1 aromatic carbocycles. The highest BCUT2D eigenvalue weighted by atomic mass is 35.5. The van der Waals surface area contributed by atoms with Gasteiger partial charge in [-0.05, 0) is 38.0 Å². The van der Waals surface area contributed by atoms with E-state index in [0.29, 0.717) is 10.8 Å². The normalized spacial score (nSPS) is 15.5. The fourth-order valence-electron chi connectivity index (χ4n) is 1.47. The van der Waals surface area contributed by atoms with Gasteiger partial charge in [-0.2, -0.15) is 0 Å². The van der Waals surface area contributed by atoms with Gasteiger partial charge in [0.2, 0.25) is 5.91 Å². The van der Waals surface area contributed by atoms with E-state index < -0.39 is 12.0 Å². The van der Waals surface area contributed by atoms with Gasteiger partial charge in [-0.3, -0.25) is 20.4 Å². The standard InChI is InChI=1S/C13H15ClN2O3/c1-8(19-11-4-2-3-10(14)7-11)12(17)15-16-13(18)9-5-6-9/h2-4,7-9H,5-6H2,1H3,(H,15,17)(H,16,18). The van der Waals surface area contributed by atoms with Crippen molar-refractivity contribution in [3.63, 3.8) is 0 Å². The van der Waals surface area contributed by atoms with Gasteiger partial charge in [-0.15, -0.1) is 0 Å². The Hall–Kier alpha value is -1.75. The minimum atomic E-state index is -0.724. The Bertz CT molecular complexity index is 489. The van der Waals surface area contributed by atoms with Gasteiger partial charge in [-0.25, -0.2) is 0 Å². The van der Waals surface area contributed by atoms with Crippen molar-refractivity contribution in [1.82, 2.24) is 10.9 Å². The van der Waals surface area contributed by atoms with Crippen LogP contribution >= 0.6 is 11.6 Å². The van der Waals surface area contributed by atoms with E-state index in [1.165, 1.54) is 0 Å². The molecule has 2 rings (SSSR count). The molecule has 1 aliphatic rings. The summed E-state index contributed by atoms with van der Waals surface area (Å²) in [6.45, 7) is 1.60. The zero-order chi connectivity index (χ0) is 13.8. The van der Waals surface area contributed by atoms with Crippen molar-refractivity contribution in [3.05, 3.63) is 29.3 Å². The molecule has 19 heavy (non-hydrogen) atoms. The predicted octanol–water partition coefficient (Wildman–Crippen LogP) is 1.66. The molecule has 0 saturated heterocycles. The van der Waals surface area contributed by atoms with E-state index in [1.807, 2.05) is 0 Å². The van der Waals surface area contributed by atoms with Crippen molar-refractivity contribution < 1.29 is 14.3 Å². The van der Waals surface area contributed by atoms with E-state index in [-0.39, 0.29) is 11.8 Å². The van der Waals surface area contributed by atoms with Gasteiger partial charge < -0.3 is 4.74 Å². The molecular weight excluding hydrogens is 268 g/mol. The van der Waals surface area contributed by atoms with E-state index >= 15 is 0 Å². The Balaban J connectivity index is 1.79. The largest absolute Gasteiger partial charge is 0.481 e. The zero-order valence-electron chi connectivity index (χ0n) is 10.5.